The lowest BCUT2D eigenvalue weighted by Crippen LogP contribution is -2.39. The van der Waals surface area contributed by atoms with Crippen LogP contribution >= 0.6 is 0 Å². The molecule has 0 heterocycles. The van der Waals surface area contributed by atoms with Gasteiger partial charge in [0.25, 0.3) is 0 Å². The van der Waals surface area contributed by atoms with Gasteiger partial charge in [0.15, 0.2) is 0 Å². The number of hydrogen-bond donors (Lipinski definition) is 2. The lowest BCUT2D eigenvalue weighted by molar-refractivity contribution is -0.120. The molecule has 1 aromatic carbocycles. The maximum Gasteiger partial charge on any atom is 0.234 e. The Balaban J connectivity index is 2.32. The second-order valence-corrected chi connectivity index (χ2v) is 4.64. The summed E-state index contributed by atoms with van der Waals surface area (Å²) < 4.78 is 10.2. The number of carbonyl (C=O) groups excluding carboxylic acids is 1. The molecule has 1 rings (SSSR count). The molecule has 112 valence electrons. The summed E-state index contributed by atoms with van der Waals surface area (Å²) in [6.07, 6.45) is 0.815. The lowest BCUT2D eigenvalue weighted by Gasteiger charge is -2.15. The largest absolute Gasteiger partial charge is 0.496 e. The van der Waals surface area contributed by atoms with Gasteiger partial charge in [0.05, 0.1) is 20.3 Å². The summed E-state index contributed by atoms with van der Waals surface area (Å²) >= 11 is 0. The predicted octanol–water partition coefficient (Wildman–Crippen LogP) is 0.978. The fourth-order valence-electron chi connectivity index (χ4n) is 1.90. The van der Waals surface area contributed by atoms with Gasteiger partial charge in [0, 0.05) is 19.7 Å². The van der Waals surface area contributed by atoms with Gasteiger partial charge in [-0.05, 0) is 25.0 Å². The Bertz CT molecular complexity index is 410. The van der Waals surface area contributed by atoms with Crippen LogP contribution in [0.1, 0.15) is 12.5 Å². The average Bonchev–Trinajstić information content (AvgIpc) is 2.46. The fourth-order valence-corrected chi connectivity index (χ4v) is 1.90. The van der Waals surface area contributed by atoms with Crippen molar-refractivity contribution in [2.45, 2.75) is 19.4 Å². The second-order valence-electron chi connectivity index (χ2n) is 4.64. The van der Waals surface area contributed by atoms with Crippen molar-refractivity contribution in [3.63, 3.8) is 0 Å². The first-order valence-corrected chi connectivity index (χ1v) is 6.78. The van der Waals surface area contributed by atoms with E-state index in [-0.39, 0.29) is 11.9 Å². The standard InChI is InChI=1S/C15H24N2O3/c1-12(17-11-15(18)16-8-9-19-2)10-13-6-4-5-7-14(13)20-3/h4-7,12,17H,8-11H2,1-3H3,(H,16,18). The van der Waals surface area contributed by atoms with Crippen LogP contribution in [0, 0.1) is 0 Å². The molecule has 1 unspecified atom stereocenters. The van der Waals surface area contributed by atoms with Crippen LogP contribution in [0.2, 0.25) is 0 Å². The number of nitrogens with one attached hydrogen (secondary N) is 2. The van der Waals surface area contributed by atoms with Crippen molar-refractivity contribution < 1.29 is 14.3 Å². The van der Waals surface area contributed by atoms with Crippen molar-refractivity contribution in [2.75, 3.05) is 33.9 Å². The van der Waals surface area contributed by atoms with Crippen molar-refractivity contribution in [2.24, 2.45) is 0 Å². The van der Waals surface area contributed by atoms with Crippen molar-refractivity contribution in [1.29, 1.82) is 0 Å². The van der Waals surface area contributed by atoms with Crippen molar-refractivity contribution in [1.82, 2.24) is 10.6 Å². The van der Waals surface area contributed by atoms with Crippen molar-refractivity contribution in [3.05, 3.63) is 29.8 Å². The number of hydrogen-bond acceptors (Lipinski definition) is 4. The molecule has 0 saturated heterocycles. The third kappa shape index (κ3) is 6.04. The second kappa shape index (κ2) is 9.34. The van der Waals surface area contributed by atoms with Gasteiger partial charge >= 0.3 is 0 Å². The van der Waals surface area contributed by atoms with E-state index in [2.05, 4.69) is 17.6 Å². The number of benzene rings is 1. The normalized spacial score (nSPS) is 11.9. The maximum absolute atomic E-state index is 11.5. The van der Waals surface area contributed by atoms with Gasteiger partial charge < -0.3 is 20.1 Å². The summed E-state index contributed by atoms with van der Waals surface area (Å²) in [6.45, 7) is 3.43. The molecule has 0 aliphatic carbocycles. The summed E-state index contributed by atoms with van der Waals surface area (Å²) in [5.74, 6) is 0.861. The van der Waals surface area contributed by atoms with Gasteiger partial charge in [0.1, 0.15) is 5.75 Å². The Morgan fingerprint density at radius 2 is 2.05 bits per heavy atom. The number of amides is 1. The summed E-state index contributed by atoms with van der Waals surface area (Å²) in [7, 11) is 3.28. The van der Waals surface area contributed by atoms with Crippen LogP contribution in [0.15, 0.2) is 24.3 Å². The van der Waals surface area contributed by atoms with E-state index in [0.717, 1.165) is 17.7 Å². The van der Waals surface area contributed by atoms with E-state index >= 15 is 0 Å². The monoisotopic (exact) mass is 280 g/mol. The molecule has 0 aliphatic rings. The molecule has 0 aliphatic heterocycles. The molecular formula is C15H24N2O3. The summed E-state index contributed by atoms with van der Waals surface area (Å²) in [5, 5.41) is 5.97. The highest BCUT2D eigenvalue weighted by Crippen LogP contribution is 2.18. The molecule has 5 nitrogen and oxygen atoms in total. The molecule has 0 aromatic heterocycles. The number of methoxy groups -OCH3 is 2. The third-order valence-corrected chi connectivity index (χ3v) is 2.96. The van der Waals surface area contributed by atoms with Gasteiger partial charge in [-0.1, -0.05) is 18.2 Å². The van der Waals surface area contributed by atoms with Crippen LogP contribution in [0.5, 0.6) is 5.75 Å². The minimum Gasteiger partial charge on any atom is -0.496 e. The first kappa shape index (κ1) is 16.5. The van der Waals surface area contributed by atoms with Crippen LogP contribution in [-0.4, -0.2) is 45.9 Å². The number of para-hydroxylation sites is 1. The van der Waals surface area contributed by atoms with Crippen LogP contribution in [-0.2, 0) is 16.0 Å². The highest BCUT2D eigenvalue weighted by molar-refractivity contribution is 5.77. The molecule has 2 N–H and O–H groups in total. The molecule has 1 aromatic rings. The topological polar surface area (TPSA) is 59.6 Å². The first-order chi connectivity index (χ1) is 9.67. The zero-order chi connectivity index (χ0) is 14.8. The molecule has 5 heteroatoms. The van der Waals surface area contributed by atoms with E-state index in [4.69, 9.17) is 9.47 Å². The minimum atomic E-state index is -0.0195. The SMILES string of the molecule is COCCNC(=O)CNC(C)Cc1ccccc1OC. The maximum atomic E-state index is 11.5. The molecule has 0 radical (unpaired) electrons. The molecule has 20 heavy (non-hydrogen) atoms. The molecule has 0 saturated carbocycles. The molecule has 0 bridgehead atoms. The average molecular weight is 280 g/mol. The Kier molecular flexibility index (Phi) is 7.69. The molecule has 1 atom stereocenters. The predicted molar refractivity (Wildman–Crippen MR) is 79.0 cm³/mol. The van der Waals surface area contributed by atoms with E-state index in [9.17, 15) is 4.79 Å². The number of rotatable bonds is 9. The molecular weight excluding hydrogens is 256 g/mol. The molecule has 0 spiro atoms. The fraction of sp³-hybridized carbons (Fsp3) is 0.533. The van der Waals surface area contributed by atoms with E-state index in [1.54, 1.807) is 14.2 Å². The van der Waals surface area contributed by atoms with E-state index < -0.39 is 0 Å². The summed E-state index contributed by atoms with van der Waals surface area (Å²) in [4.78, 5) is 11.5. The van der Waals surface area contributed by atoms with Crippen LogP contribution in [0.3, 0.4) is 0 Å². The Hall–Kier alpha value is -1.59. The van der Waals surface area contributed by atoms with Crippen molar-refractivity contribution in [3.8, 4) is 5.75 Å². The van der Waals surface area contributed by atoms with Gasteiger partial charge in [-0.2, -0.15) is 0 Å². The first-order valence-electron chi connectivity index (χ1n) is 6.78. The van der Waals surface area contributed by atoms with Gasteiger partial charge in [-0.3, -0.25) is 4.79 Å². The Labute approximate surface area is 120 Å². The number of carbonyl (C=O) groups is 1. The Morgan fingerprint density at radius 1 is 1.30 bits per heavy atom. The van der Waals surface area contributed by atoms with Crippen molar-refractivity contribution >= 4 is 5.91 Å². The van der Waals surface area contributed by atoms with E-state index in [0.29, 0.717) is 19.7 Å². The zero-order valence-corrected chi connectivity index (χ0v) is 12.4. The van der Waals surface area contributed by atoms with Crippen LogP contribution < -0.4 is 15.4 Å². The van der Waals surface area contributed by atoms with Gasteiger partial charge in [0.2, 0.25) is 5.91 Å². The summed E-state index contributed by atoms with van der Waals surface area (Å²) in [6, 6.07) is 8.11. The lowest BCUT2D eigenvalue weighted by atomic mass is 10.1. The highest BCUT2D eigenvalue weighted by Gasteiger charge is 2.09. The number of ether oxygens (including phenoxy) is 2. The Morgan fingerprint density at radius 3 is 2.75 bits per heavy atom. The molecule has 0 fully saturated rings. The van der Waals surface area contributed by atoms with Crippen LogP contribution in [0.4, 0.5) is 0 Å². The third-order valence-electron chi connectivity index (χ3n) is 2.96. The minimum absolute atomic E-state index is 0.0195. The van der Waals surface area contributed by atoms with Crippen LogP contribution in [0.25, 0.3) is 0 Å². The van der Waals surface area contributed by atoms with Gasteiger partial charge in [-0.25, -0.2) is 0 Å². The van der Waals surface area contributed by atoms with E-state index in [1.807, 2.05) is 24.3 Å². The molecule has 1 amide bonds. The summed E-state index contributed by atoms with van der Waals surface area (Å²) in [5.41, 5.74) is 1.13. The van der Waals surface area contributed by atoms with Gasteiger partial charge in [-0.15, -0.1) is 0 Å². The smallest absolute Gasteiger partial charge is 0.234 e. The highest BCUT2D eigenvalue weighted by atomic mass is 16.5. The van der Waals surface area contributed by atoms with E-state index in [1.165, 1.54) is 0 Å². The quantitative estimate of drug-likeness (QED) is 0.662. The zero-order valence-electron chi connectivity index (χ0n) is 12.4.